The van der Waals surface area contributed by atoms with Gasteiger partial charge in [0.2, 0.25) is 0 Å². The fraction of sp³-hybridized carbons (Fsp3) is 0.238. The first-order valence-electron chi connectivity index (χ1n) is 9.29. The number of fused-ring (bicyclic) bond motifs is 1. The second kappa shape index (κ2) is 7.63. The average Bonchev–Trinajstić information content (AvgIpc) is 3.12. The third-order valence-electron chi connectivity index (χ3n) is 5.31. The van der Waals surface area contributed by atoms with E-state index in [1.165, 1.54) is 24.5 Å². The molecule has 1 atom stereocenters. The lowest BCUT2D eigenvalue weighted by Crippen LogP contribution is -2.24. The van der Waals surface area contributed by atoms with Gasteiger partial charge in [-0.05, 0) is 31.5 Å². The number of nitro benzene ring substituents is 1. The number of benzene rings is 2. The lowest BCUT2D eigenvalue weighted by molar-refractivity contribution is -0.385. The summed E-state index contributed by atoms with van der Waals surface area (Å²) >= 11 is 5.69. The largest absolute Gasteiger partial charge is 0.383 e. The van der Waals surface area contributed by atoms with Crippen LogP contribution >= 0.6 is 11.6 Å². The van der Waals surface area contributed by atoms with Crippen molar-refractivity contribution >= 4 is 39.7 Å². The minimum absolute atomic E-state index is 0.144. The highest BCUT2D eigenvalue weighted by Gasteiger charge is 2.34. The lowest BCUT2D eigenvalue weighted by atomic mass is 9.90. The number of hydrogen-bond donors (Lipinski definition) is 1. The highest BCUT2D eigenvalue weighted by molar-refractivity contribution is 6.31. The van der Waals surface area contributed by atoms with Crippen LogP contribution in [-0.4, -0.2) is 28.0 Å². The summed E-state index contributed by atoms with van der Waals surface area (Å²) in [6, 6.07) is 5.28. The first-order valence-corrected chi connectivity index (χ1v) is 9.66. The Kier molecular flexibility index (Phi) is 5.11. The van der Waals surface area contributed by atoms with Crippen molar-refractivity contribution in [2.75, 3.05) is 23.7 Å². The molecule has 0 spiro atoms. The fourth-order valence-electron chi connectivity index (χ4n) is 3.61. The Balaban J connectivity index is 1.68. The van der Waals surface area contributed by atoms with E-state index in [1.54, 1.807) is 4.90 Å². The van der Waals surface area contributed by atoms with Crippen LogP contribution in [0.3, 0.4) is 0 Å². The minimum Gasteiger partial charge on any atom is -0.383 e. The van der Waals surface area contributed by atoms with Gasteiger partial charge in [0.1, 0.15) is 28.5 Å². The van der Waals surface area contributed by atoms with Crippen LogP contribution in [0.25, 0.3) is 10.9 Å². The summed E-state index contributed by atoms with van der Waals surface area (Å²) in [6.45, 7) is 2.72. The number of nitrogens with two attached hydrogens (primary N) is 1. The minimum atomic E-state index is -0.822. The summed E-state index contributed by atoms with van der Waals surface area (Å²) in [5.74, 6) is 4.49. The molecular formula is C21H16ClF2N5O2. The quantitative estimate of drug-likeness (QED) is 0.274. The van der Waals surface area contributed by atoms with E-state index in [9.17, 15) is 18.9 Å². The standard InChI is InChI=1S/C21H16ClF2N5O2/c1-21(6-7-28(10-21)16-3-2-14(23)18(22)19(16)24)5-4-12-8-15-13(9-17(12)29(30)31)20(25)27-11-26-15/h2-3,8-9,11H,6-7,10H2,1H3,(H2,25,26,27). The average molecular weight is 444 g/mol. The molecule has 1 aromatic heterocycles. The van der Waals surface area contributed by atoms with Gasteiger partial charge in [-0.25, -0.2) is 18.7 Å². The number of rotatable bonds is 2. The Bertz CT molecular complexity index is 1290. The summed E-state index contributed by atoms with van der Waals surface area (Å²) in [5, 5.41) is 11.4. The van der Waals surface area contributed by atoms with E-state index >= 15 is 0 Å². The van der Waals surface area contributed by atoms with E-state index < -0.39 is 27.0 Å². The SMILES string of the molecule is CC1(C#Cc2cc3ncnc(N)c3cc2[N+](=O)[O-])CCN(c2ccc(F)c(Cl)c2F)C1. The van der Waals surface area contributed by atoms with Crippen LogP contribution in [0.15, 0.2) is 30.6 Å². The molecule has 158 valence electrons. The maximum atomic E-state index is 14.4. The molecule has 0 aliphatic carbocycles. The van der Waals surface area contributed by atoms with Gasteiger partial charge in [0.25, 0.3) is 5.69 Å². The number of halogens is 3. The van der Waals surface area contributed by atoms with Gasteiger partial charge in [-0.15, -0.1) is 0 Å². The molecule has 2 N–H and O–H groups in total. The highest BCUT2D eigenvalue weighted by Crippen LogP contribution is 2.36. The van der Waals surface area contributed by atoms with Crippen LogP contribution in [-0.2, 0) is 0 Å². The summed E-state index contributed by atoms with van der Waals surface area (Å²) in [4.78, 5) is 20.7. The van der Waals surface area contributed by atoms with Crippen LogP contribution in [0, 0.1) is 39.0 Å². The Morgan fingerprint density at radius 2 is 2.10 bits per heavy atom. The Morgan fingerprint density at radius 1 is 1.32 bits per heavy atom. The zero-order valence-electron chi connectivity index (χ0n) is 16.3. The molecule has 7 nitrogen and oxygen atoms in total. The topological polar surface area (TPSA) is 98.2 Å². The van der Waals surface area contributed by atoms with Crippen molar-refractivity contribution < 1.29 is 13.7 Å². The monoisotopic (exact) mass is 443 g/mol. The number of nitrogen functional groups attached to an aromatic ring is 1. The van der Waals surface area contributed by atoms with E-state index in [0.717, 1.165) is 6.07 Å². The second-order valence-electron chi connectivity index (χ2n) is 7.58. The lowest BCUT2D eigenvalue weighted by Gasteiger charge is -2.22. The first kappa shape index (κ1) is 20.8. The molecule has 1 fully saturated rings. The molecule has 1 saturated heterocycles. The molecule has 2 aromatic carbocycles. The highest BCUT2D eigenvalue weighted by atomic mass is 35.5. The normalized spacial score (nSPS) is 18.1. The van der Waals surface area contributed by atoms with Gasteiger partial charge < -0.3 is 10.6 Å². The zero-order valence-corrected chi connectivity index (χ0v) is 17.1. The Labute approximate surface area is 181 Å². The molecule has 0 bridgehead atoms. The van der Waals surface area contributed by atoms with Crippen molar-refractivity contribution in [2.45, 2.75) is 13.3 Å². The molecule has 10 heteroatoms. The molecule has 1 aliphatic heterocycles. The fourth-order valence-corrected chi connectivity index (χ4v) is 3.77. The van der Waals surface area contributed by atoms with Crippen LogP contribution in [0.5, 0.6) is 0 Å². The van der Waals surface area contributed by atoms with Gasteiger partial charge >= 0.3 is 0 Å². The number of nitrogens with zero attached hydrogens (tertiary/aromatic N) is 4. The van der Waals surface area contributed by atoms with Crippen molar-refractivity contribution in [3.63, 3.8) is 0 Å². The maximum absolute atomic E-state index is 14.4. The van der Waals surface area contributed by atoms with Gasteiger partial charge in [0.05, 0.1) is 16.1 Å². The predicted octanol–water partition coefficient (Wildman–Crippen LogP) is 4.32. The number of nitro groups is 1. The van der Waals surface area contributed by atoms with Crippen molar-refractivity contribution in [1.29, 1.82) is 0 Å². The van der Waals surface area contributed by atoms with Gasteiger partial charge in [-0.1, -0.05) is 23.4 Å². The number of aromatic nitrogens is 2. The van der Waals surface area contributed by atoms with Crippen molar-refractivity contribution in [3.8, 4) is 11.8 Å². The van der Waals surface area contributed by atoms with Crippen LogP contribution in [0.2, 0.25) is 5.02 Å². The van der Waals surface area contributed by atoms with E-state index in [-0.39, 0.29) is 22.8 Å². The van der Waals surface area contributed by atoms with Crippen molar-refractivity contribution in [3.05, 3.63) is 62.9 Å². The molecule has 0 saturated carbocycles. The molecule has 2 heterocycles. The van der Waals surface area contributed by atoms with Gasteiger partial charge in [0.15, 0.2) is 5.82 Å². The summed E-state index contributed by atoms with van der Waals surface area (Å²) < 4.78 is 27.9. The van der Waals surface area contributed by atoms with E-state index in [2.05, 4.69) is 21.8 Å². The molecule has 0 radical (unpaired) electrons. The first-order chi connectivity index (χ1) is 14.7. The van der Waals surface area contributed by atoms with Crippen molar-refractivity contribution in [2.24, 2.45) is 5.41 Å². The van der Waals surface area contributed by atoms with Gasteiger partial charge in [-0.2, -0.15) is 0 Å². The molecule has 3 aromatic rings. The van der Waals surface area contributed by atoms with E-state index in [1.807, 2.05) is 6.92 Å². The predicted molar refractivity (Wildman–Crippen MR) is 114 cm³/mol. The van der Waals surface area contributed by atoms with E-state index in [0.29, 0.717) is 30.4 Å². The van der Waals surface area contributed by atoms with Gasteiger partial charge in [0, 0.05) is 30.0 Å². The molecule has 1 unspecified atom stereocenters. The Morgan fingerprint density at radius 3 is 2.84 bits per heavy atom. The second-order valence-corrected chi connectivity index (χ2v) is 7.96. The van der Waals surface area contributed by atoms with Crippen LogP contribution in [0.1, 0.15) is 18.9 Å². The van der Waals surface area contributed by atoms with Gasteiger partial charge in [-0.3, -0.25) is 10.1 Å². The number of hydrogen-bond acceptors (Lipinski definition) is 6. The smallest absolute Gasteiger partial charge is 0.285 e. The molecule has 0 amide bonds. The molecule has 1 aliphatic rings. The van der Waals surface area contributed by atoms with Crippen molar-refractivity contribution in [1.82, 2.24) is 9.97 Å². The zero-order chi connectivity index (χ0) is 22.3. The number of anilines is 2. The molecular weight excluding hydrogens is 428 g/mol. The Hall–Kier alpha value is -3.51. The summed E-state index contributed by atoms with van der Waals surface area (Å²) in [5.41, 5.74) is 5.87. The summed E-state index contributed by atoms with van der Waals surface area (Å²) in [6.07, 6.45) is 1.87. The van der Waals surface area contributed by atoms with Crippen LogP contribution in [0.4, 0.5) is 26.0 Å². The van der Waals surface area contributed by atoms with E-state index in [4.69, 9.17) is 17.3 Å². The third kappa shape index (κ3) is 3.82. The molecule has 4 rings (SSSR count). The third-order valence-corrected chi connectivity index (χ3v) is 5.65. The van der Waals surface area contributed by atoms with Crippen LogP contribution < -0.4 is 10.6 Å². The maximum Gasteiger partial charge on any atom is 0.285 e. The summed E-state index contributed by atoms with van der Waals surface area (Å²) in [7, 11) is 0. The molecule has 31 heavy (non-hydrogen) atoms.